The summed E-state index contributed by atoms with van der Waals surface area (Å²) < 4.78 is 9.03. The van der Waals surface area contributed by atoms with Crippen LogP contribution in [0.3, 0.4) is 0 Å². The SMILES string of the molecule is c1ccc(-c2ccc(-c3nc(-c4ccccc4)nc(-c4cccc5oc6ccc(-c7ccc8c9c7c7ccccc7c7cccc(c79)n8-c7ccccc7)cc6c45)n3)cc2)cc1. The molecule has 288 valence electrons. The van der Waals surface area contributed by atoms with Gasteiger partial charge in [-0.05, 0) is 80.9 Å². The Morgan fingerprint density at radius 3 is 1.65 bits per heavy atom. The zero-order valence-electron chi connectivity index (χ0n) is 33.3. The van der Waals surface area contributed by atoms with Gasteiger partial charge in [-0.25, -0.2) is 15.0 Å². The number of aromatic nitrogens is 4. The van der Waals surface area contributed by atoms with E-state index in [1.54, 1.807) is 0 Å². The molecule has 0 aliphatic heterocycles. The molecule has 0 spiro atoms. The van der Waals surface area contributed by atoms with Crippen LogP contribution in [0.2, 0.25) is 0 Å². The number of hydrogen-bond donors (Lipinski definition) is 0. The Bertz CT molecular complexity index is 3830. The lowest BCUT2D eigenvalue weighted by Crippen LogP contribution is -2.00. The van der Waals surface area contributed by atoms with Crippen LogP contribution in [-0.2, 0) is 0 Å². The second kappa shape index (κ2) is 13.6. The third-order valence-corrected chi connectivity index (χ3v) is 12.4. The smallest absolute Gasteiger partial charge is 0.164 e. The topological polar surface area (TPSA) is 56.7 Å². The van der Waals surface area contributed by atoms with Gasteiger partial charge in [0, 0.05) is 49.3 Å². The van der Waals surface area contributed by atoms with E-state index in [4.69, 9.17) is 19.4 Å². The third-order valence-electron chi connectivity index (χ3n) is 12.4. The Kier molecular flexibility index (Phi) is 7.54. The van der Waals surface area contributed by atoms with Gasteiger partial charge in [0.15, 0.2) is 17.5 Å². The van der Waals surface area contributed by atoms with Gasteiger partial charge < -0.3 is 8.98 Å². The molecule has 13 rings (SSSR count). The van der Waals surface area contributed by atoms with Crippen LogP contribution in [0.15, 0.2) is 211 Å². The number of hydrogen-bond acceptors (Lipinski definition) is 4. The molecule has 0 atom stereocenters. The molecule has 0 bridgehead atoms. The van der Waals surface area contributed by atoms with Crippen molar-refractivity contribution in [3.63, 3.8) is 0 Å². The van der Waals surface area contributed by atoms with Crippen molar-refractivity contribution in [1.29, 1.82) is 0 Å². The Morgan fingerprint density at radius 1 is 0.306 bits per heavy atom. The molecule has 3 heterocycles. The highest BCUT2D eigenvalue weighted by Gasteiger charge is 2.23. The lowest BCUT2D eigenvalue weighted by Gasteiger charge is -2.13. The normalized spacial score (nSPS) is 11.9. The fourth-order valence-corrected chi connectivity index (χ4v) is 9.65. The predicted octanol–water partition coefficient (Wildman–Crippen LogP) is 14.9. The second-order valence-corrected chi connectivity index (χ2v) is 15.9. The van der Waals surface area contributed by atoms with Crippen LogP contribution in [-0.4, -0.2) is 19.5 Å². The minimum absolute atomic E-state index is 0.589. The monoisotopic (exact) mass is 790 g/mol. The average molecular weight is 791 g/mol. The molecule has 0 aliphatic rings. The molecule has 0 aliphatic carbocycles. The van der Waals surface area contributed by atoms with Crippen molar-refractivity contribution in [3.8, 4) is 62.1 Å². The van der Waals surface area contributed by atoms with Crippen molar-refractivity contribution in [2.24, 2.45) is 0 Å². The van der Waals surface area contributed by atoms with Crippen molar-refractivity contribution in [2.45, 2.75) is 0 Å². The quantitative estimate of drug-likeness (QED) is 0.157. The standard InChI is InChI=1S/C57H34N4O/c1-4-14-35(15-5-1)36-26-28-38(29-27-36)56-58-55(37-16-6-2-7-17-37)59-57(60-56)45-23-13-25-50-51(45)46-34-39(30-33-49(46)62-50)41-31-32-48-54-52(41)43-21-11-10-20-42(43)44-22-12-24-47(53(44)54)61(48)40-18-8-3-9-19-40/h1-34H. The third kappa shape index (κ3) is 5.25. The molecule has 3 aromatic heterocycles. The number of fused-ring (bicyclic) bond motifs is 6. The molecule has 0 saturated heterocycles. The summed E-state index contributed by atoms with van der Waals surface area (Å²) in [6.07, 6.45) is 0. The van der Waals surface area contributed by atoms with Crippen LogP contribution in [0.25, 0.3) is 127 Å². The van der Waals surface area contributed by atoms with Crippen molar-refractivity contribution in [2.75, 3.05) is 0 Å². The maximum atomic E-state index is 6.62. The van der Waals surface area contributed by atoms with Gasteiger partial charge in [0.2, 0.25) is 0 Å². The van der Waals surface area contributed by atoms with Gasteiger partial charge in [0.25, 0.3) is 0 Å². The summed E-state index contributed by atoms with van der Waals surface area (Å²) in [5.41, 5.74) is 12.4. The van der Waals surface area contributed by atoms with E-state index in [0.29, 0.717) is 17.5 Å². The van der Waals surface area contributed by atoms with E-state index in [-0.39, 0.29) is 0 Å². The molecular weight excluding hydrogens is 757 g/mol. The minimum Gasteiger partial charge on any atom is -0.456 e. The molecule has 10 aromatic carbocycles. The van der Waals surface area contributed by atoms with Gasteiger partial charge in [-0.2, -0.15) is 0 Å². The van der Waals surface area contributed by atoms with Gasteiger partial charge >= 0.3 is 0 Å². The molecule has 0 fully saturated rings. The van der Waals surface area contributed by atoms with Crippen molar-refractivity contribution in [1.82, 2.24) is 19.5 Å². The predicted molar refractivity (Wildman–Crippen MR) is 255 cm³/mol. The van der Waals surface area contributed by atoms with Gasteiger partial charge in [0.1, 0.15) is 11.2 Å². The highest BCUT2D eigenvalue weighted by molar-refractivity contribution is 6.36. The van der Waals surface area contributed by atoms with E-state index in [9.17, 15) is 0 Å². The molecule has 0 saturated carbocycles. The first-order valence-electron chi connectivity index (χ1n) is 20.9. The zero-order valence-corrected chi connectivity index (χ0v) is 33.3. The van der Waals surface area contributed by atoms with Crippen LogP contribution < -0.4 is 0 Å². The Hall–Kier alpha value is -8.41. The Balaban J connectivity index is 1.03. The minimum atomic E-state index is 0.589. The van der Waals surface area contributed by atoms with E-state index in [0.717, 1.165) is 61.0 Å². The number of para-hydroxylation sites is 1. The summed E-state index contributed by atoms with van der Waals surface area (Å²) in [6.45, 7) is 0. The molecule has 0 radical (unpaired) electrons. The van der Waals surface area contributed by atoms with Crippen LogP contribution in [0.1, 0.15) is 0 Å². The number of benzene rings is 10. The van der Waals surface area contributed by atoms with Gasteiger partial charge in [-0.3, -0.25) is 0 Å². The van der Waals surface area contributed by atoms with Crippen molar-refractivity contribution in [3.05, 3.63) is 206 Å². The molecule has 62 heavy (non-hydrogen) atoms. The second-order valence-electron chi connectivity index (χ2n) is 15.9. The van der Waals surface area contributed by atoms with Gasteiger partial charge in [-0.15, -0.1) is 0 Å². The van der Waals surface area contributed by atoms with E-state index in [1.165, 1.54) is 48.9 Å². The zero-order chi connectivity index (χ0) is 40.7. The van der Waals surface area contributed by atoms with E-state index in [2.05, 4.69) is 162 Å². The van der Waals surface area contributed by atoms with Gasteiger partial charge in [-0.1, -0.05) is 164 Å². The number of nitrogens with zero attached hydrogens (tertiary/aromatic N) is 4. The van der Waals surface area contributed by atoms with E-state index < -0.39 is 0 Å². The van der Waals surface area contributed by atoms with E-state index in [1.807, 2.05) is 48.5 Å². The molecule has 13 aromatic rings. The first-order chi connectivity index (χ1) is 30.7. The average Bonchev–Trinajstić information content (AvgIpc) is 3.90. The van der Waals surface area contributed by atoms with E-state index >= 15 is 0 Å². The maximum absolute atomic E-state index is 6.62. The fourth-order valence-electron chi connectivity index (χ4n) is 9.65. The molecule has 0 N–H and O–H groups in total. The summed E-state index contributed by atoms with van der Waals surface area (Å²) in [5, 5.41) is 9.53. The molecule has 0 unspecified atom stereocenters. The largest absolute Gasteiger partial charge is 0.456 e. The first-order valence-corrected chi connectivity index (χ1v) is 20.9. The molecule has 5 nitrogen and oxygen atoms in total. The Morgan fingerprint density at radius 2 is 0.871 bits per heavy atom. The number of rotatable bonds is 6. The first kappa shape index (κ1) is 34.5. The van der Waals surface area contributed by atoms with Crippen molar-refractivity contribution < 1.29 is 4.42 Å². The molecular formula is C57H34N4O. The Labute approximate surface area is 356 Å². The van der Waals surface area contributed by atoms with Crippen LogP contribution in [0.5, 0.6) is 0 Å². The summed E-state index contributed by atoms with van der Waals surface area (Å²) in [5.74, 6) is 1.81. The fraction of sp³-hybridized carbons (Fsp3) is 0. The summed E-state index contributed by atoms with van der Waals surface area (Å²) in [4.78, 5) is 15.4. The van der Waals surface area contributed by atoms with Crippen LogP contribution in [0.4, 0.5) is 0 Å². The lowest BCUT2D eigenvalue weighted by atomic mass is 9.89. The van der Waals surface area contributed by atoms with Crippen molar-refractivity contribution >= 4 is 65.3 Å². The van der Waals surface area contributed by atoms with Gasteiger partial charge in [0.05, 0.1) is 11.0 Å². The summed E-state index contributed by atoms with van der Waals surface area (Å²) >= 11 is 0. The number of furan rings is 1. The lowest BCUT2D eigenvalue weighted by molar-refractivity contribution is 0.669. The van der Waals surface area contributed by atoms with Crippen LogP contribution in [0, 0.1) is 0 Å². The molecule has 0 amide bonds. The summed E-state index contributed by atoms with van der Waals surface area (Å²) in [7, 11) is 0. The van der Waals surface area contributed by atoms with Crippen LogP contribution >= 0.6 is 0 Å². The summed E-state index contributed by atoms with van der Waals surface area (Å²) in [6, 6.07) is 72.6. The highest BCUT2D eigenvalue weighted by Crippen LogP contribution is 2.48. The molecule has 5 heteroatoms. The highest BCUT2D eigenvalue weighted by atomic mass is 16.3. The maximum Gasteiger partial charge on any atom is 0.164 e.